The summed E-state index contributed by atoms with van der Waals surface area (Å²) in [6, 6.07) is 17.0. The van der Waals surface area contributed by atoms with Crippen LogP contribution in [0.2, 0.25) is 0 Å². The van der Waals surface area contributed by atoms with Crippen molar-refractivity contribution in [1.82, 2.24) is 9.97 Å². The highest BCUT2D eigenvalue weighted by Gasteiger charge is 2.16. The summed E-state index contributed by atoms with van der Waals surface area (Å²) in [5.41, 5.74) is 2.57. The maximum absolute atomic E-state index is 10.8. The van der Waals surface area contributed by atoms with E-state index in [9.17, 15) is 9.90 Å². The Balaban J connectivity index is 1.97. The zero-order valence-corrected chi connectivity index (χ0v) is 12.5. The van der Waals surface area contributed by atoms with Gasteiger partial charge in [0.15, 0.2) is 17.2 Å². The zero-order chi connectivity index (χ0) is 16.5. The lowest BCUT2D eigenvalue weighted by Gasteiger charge is -2.08. The van der Waals surface area contributed by atoms with Crippen molar-refractivity contribution in [3.63, 3.8) is 0 Å². The molecule has 0 amide bonds. The normalized spacial score (nSPS) is 11.0. The minimum Gasteiger partial charge on any atom is -0.548 e. The van der Waals surface area contributed by atoms with Crippen LogP contribution in [0.5, 0.6) is 0 Å². The second kappa shape index (κ2) is 5.66. The molecular weight excluding hydrogens is 306 g/mol. The van der Waals surface area contributed by atoms with Gasteiger partial charge in [0, 0.05) is 10.9 Å². The molecule has 0 fully saturated rings. The van der Waals surface area contributed by atoms with Gasteiger partial charge in [-0.05, 0) is 12.1 Å². The van der Waals surface area contributed by atoms with Crippen molar-refractivity contribution in [3.05, 3.63) is 54.6 Å². The number of anilines is 1. The van der Waals surface area contributed by atoms with Gasteiger partial charge in [-0.2, -0.15) is 0 Å². The molecule has 0 bridgehead atoms. The lowest BCUT2D eigenvalue weighted by Crippen LogP contribution is -2.30. The number of aliphatic carboxylic acids is 1. The number of carboxylic acids is 1. The molecule has 0 unspecified atom stereocenters. The lowest BCUT2D eigenvalue weighted by molar-refractivity contribution is -0.302. The van der Waals surface area contributed by atoms with Gasteiger partial charge in [0.05, 0.1) is 12.5 Å². The number of carbonyl (C=O) groups excluding carboxylic acids is 1. The number of para-hydroxylation sites is 1. The first kappa shape index (κ1) is 14.2. The standard InChI is InChI=1S/C18H13N3O3/c22-14(23)10-19-18-16-15(12-8-4-5-9-13(12)24-16)20-17(21-18)11-6-2-1-3-7-11/h1-9H,10H2,(H,22,23)(H,19,20,21)/p-1. The van der Waals surface area contributed by atoms with E-state index in [1.807, 2.05) is 54.6 Å². The summed E-state index contributed by atoms with van der Waals surface area (Å²) in [6.07, 6.45) is 0. The SMILES string of the molecule is O=C([O-])CNc1nc(-c2ccccc2)nc2c1oc1ccccc12. The van der Waals surface area contributed by atoms with Crippen LogP contribution in [0.4, 0.5) is 5.82 Å². The van der Waals surface area contributed by atoms with Crippen LogP contribution in [0.3, 0.4) is 0 Å². The Bertz CT molecular complexity index is 1040. The Kier molecular flexibility index (Phi) is 3.35. The van der Waals surface area contributed by atoms with E-state index in [2.05, 4.69) is 15.3 Å². The van der Waals surface area contributed by atoms with Crippen LogP contribution in [0.15, 0.2) is 59.0 Å². The largest absolute Gasteiger partial charge is 0.548 e. The molecule has 2 aromatic heterocycles. The second-order valence-electron chi connectivity index (χ2n) is 5.26. The zero-order valence-electron chi connectivity index (χ0n) is 12.5. The Labute approximate surface area is 136 Å². The summed E-state index contributed by atoms with van der Waals surface area (Å²) in [7, 11) is 0. The Morgan fingerprint density at radius 2 is 1.79 bits per heavy atom. The molecule has 0 saturated carbocycles. The number of carboxylic acid groups (broad SMARTS) is 1. The average Bonchev–Trinajstić information content (AvgIpc) is 2.99. The van der Waals surface area contributed by atoms with Crippen molar-refractivity contribution in [3.8, 4) is 11.4 Å². The molecule has 6 nitrogen and oxygen atoms in total. The van der Waals surface area contributed by atoms with E-state index in [0.29, 0.717) is 28.3 Å². The van der Waals surface area contributed by atoms with Gasteiger partial charge in [-0.25, -0.2) is 9.97 Å². The third kappa shape index (κ3) is 2.44. The number of fused-ring (bicyclic) bond motifs is 3. The van der Waals surface area contributed by atoms with Crippen LogP contribution >= 0.6 is 0 Å². The summed E-state index contributed by atoms with van der Waals surface area (Å²) in [5.74, 6) is -0.395. The summed E-state index contributed by atoms with van der Waals surface area (Å²) in [5, 5.41) is 14.4. The number of nitrogens with zero attached hydrogens (tertiary/aromatic N) is 2. The number of nitrogens with one attached hydrogen (secondary N) is 1. The molecule has 2 heterocycles. The molecule has 24 heavy (non-hydrogen) atoms. The third-order valence-corrected chi connectivity index (χ3v) is 3.65. The van der Waals surface area contributed by atoms with Gasteiger partial charge in [0.1, 0.15) is 11.1 Å². The molecule has 0 saturated heterocycles. The topological polar surface area (TPSA) is 91.1 Å². The number of rotatable bonds is 4. The molecule has 4 aromatic rings. The first-order chi connectivity index (χ1) is 11.7. The van der Waals surface area contributed by atoms with Gasteiger partial charge in [-0.1, -0.05) is 42.5 Å². The number of carbonyl (C=O) groups is 1. The molecule has 0 aliphatic heterocycles. The molecule has 1 N–H and O–H groups in total. The fourth-order valence-electron chi connectivity index (χ4n) is 2.58. The minimum atomic E-state index is -1.22. The van der Waals surface area contributed by atoms with E-state index >= 15 is 0 Å². The van der Waals surface area contributed by atoms with E-state index in [1.165, 1.54) is 0 Å². The van der Waals surface area contributed by atoms with Crippen molar-refractivity contribution in [1.29, 1.82) is 0 Å². The fourth-order valence-corrected chi connectivity index (χ4v) is 2.58. The molecule has 2 aromatic carbocycles. The average molecular weight is 318 g/mol. The van der Waals surface area contributed by atoms with Crippen LogP contribution in [-0.2, 0) is 4.79 Å². The van der Waals surface area contributed by atoms with Crippen LogP contribution in [0.25, 0.3) is 33.5 Å². The van der Waals surface area contributed by atoms with E-state index in [0.717, 1.165) is 10.9 Å². The molecule has 118 valence electrons. The first-order valence-electron chi connectivity index (χ1n) is 7.41. The molecular formula is C18H12N3O3-. The van der Waals surface area contributed by atoms with Crippen molar-refractivity contribution in [2.75, 3.05) is 11.9 Å². The summed E-state index contributed by atoms with van der Waals surface area (Å²) >= 11 is 0. The monoisotopic (exact) mass is 318 g/mol. The summed E-state index contributed by atoms with van der Waals surface area (Å²) in [4.78, 5) is 19.8. The fraction of sp³-hybridized carbons (Fsp3) is 0.0556. The molecule has 0 spiro atoms. The maximum atomic E-state index is 10.8. The van der Waals surface area contributed by atoms with Crippen LogP contribution in [0.1, 0.15) is 0 Å². The smallest absolute Gasteiger partial charge is 0.196 e. The number of aromatic nitrogens is 2. The van der Waals surface area contributed by atoms with Gasteiger partial charge >= 0.3 is 0 Å². The first-order valence-corrected chi connectivity index (χ1v) is 7.41. The van der Waals surface area contributed by atoms with Gasteiger partial charge in [-0.3, -0.25) is 0 Å². The molecule has 0 atom stereocenters. The van der Waals surface area contributed by atoms with Crippen molar-refractivity contribution in [2.24, 2.45) is 0 Å². The third-order valence-electron chi connectivity index (χ3n) is 3.65. The highest BCUT2D eigenvalue weighted by atomic mass is 16.4. The van der Waals surface area contributed by atoms with E-state index in [-0.39, 0.29) is 6.54 Å². The second-order valence-corrected chi connectivity index (χ2v) is 5.26. The molecule has 0 aliphatic rings. The number of benzene rings is 2. The predicted molar refractivity (Wildman–Crippen MR) is 88.2 cm³/mol. The number of furan rings is 1. The lowest BCUT2D eigenvalue weighted by atomic mass is 10.2. The molecule has 0 radical (unpaired) electrons. The van der Waals surface area contributed by atoms with Crippen LogP contribution in [0, 0.1) is 0 Å². The number of hydrogen-bond acceptors (Lipinski definition) is 6. The molecule has 0 aliphatic carbocycles. The predicted octanol–water partition coefficient (Wildman–Crippen LogP) is 2.20. The highest BCUT2D eigenvalue weighted by molar-refractivity contribution is 6.06. The van der Waals surface area contributed by atoms with Crippen LogP contribution < -0.4 is 10.4 Å². The van der Waals surface area contributed by atoms with Gasteiger partial charge in [0.2, 0.25) is 0 Å². The van der Waals surface area contributed by atoms with E-state index in [4.69, 9.17) is 4.42 Å². The molecule has 4 rings (SSSR count). The van der Waals surface area contributed by atoms with E-state index in [1.54, 1.807) is 0 Å². The van der Waals surface area contributed by atoms with Crippen LogP contribution in [-0.4, -0.2) is 22.5 Å². The Hall–Kier alpha value is -3.41. The van der Waals surface area contributed by atoms with Gasteiger partial charge in [0.25, 0.3) is 0 Å². The van der Waals surface area contributed by atoms with Gasteiger partial charge < -0.3 is 19.6 Å². The number of hydrogen-bond donors (Lipinski definition) is 1. The Morgan fingerprint density at radius 3 is 2.58 bits per heavy atom. The summed E-state index contributed by atoms with van der Waals surface area (Å²) in [6.45, 7) is -0.364. The highest BCUT2D eigenvalue weighted by Crippen LogP contribution is 2.32. The van der Waals surface area contributed by atoms with E-state index < -0.39 is 5.97 Å². The minimum absolute atomic E-state index is 0.333. The van der Waals surface area contributed by atoms with Gasteiger partial charge in [-0.15, -0.1) is 0 Å². The molecule has 6 heteroatoms. The maximum Gasteiger partial charge on any atom is 0.196 e. The van der Waals surface area contributed by atoms with Crippen molar-refractivity contribution >= 4 is 33.9 Å². The Morgan fingerprint density at radius 1 is 1.04 bits per heavy atom. The summed E-state index contributed by atoms with van der Waals surface area (Å²) < 4.78 is 5.81. The van der Waals surface area contributed by atoms with Crippen molar-refractivity contribution < 1.29 is 14.3 Å². The van der Waals surface area contributed by atoms with Crippen molar-refractivity contribution in [2.45, 2.75) is 0 Å². The quantitative estimate of drug-likeness (QED) is 0.620.